The highest BCUT2D eigenvalue weighted by Gasteiger charge is 2.31. The lowest BCUT2D eigenvalue weighted by Crippen LogP contribution is -2.32. The molecule has 0 aliphatic carbocycles. The van der Waals surface area contributed by atoms with Crippen LogP contribution in [0.4, 0.5) is 17.6 Å². The van der Waals surface area contributed by atoms with Crippen LogP contribution in [-0.4, -0.2) is 42.8 Å². The molecule has 0 atom stereocenters. The van der Waals surface area contributed by atoms with Gasteiger partial charge in [-0.25, -0.2) is 4.39 Å². The Morgan fingerprint density at radius 2 is 2.00 bits per heavy atom. The molecule has 1 rings (SSSR count). The number of hydrogen-bond donors (Lipinski definition) is 1. The zero-order valence-corrected chi connectivity index (χ0v) is 11.3. The summed E-state index contributed by atoms with van der Waals surface area (Å²) in [6, 6.07) is 2.17. The number of halogens is 4. The molecular weight excluding hydrogens is 294 g/mol. The third-order valence-electron chi connectivity index (χ3n) is 2.66. The number of carbonyl (C=O) groups is 1. The molecule has 1 aromatic rings. The molecule has 0 spiro atoms. The summed E-state index contributed by atoms with van der Waals surface area (Å²) in [6.45, 7) is -0.0624. The van der Waals surface area contributed by atoms with Gasteiger partial charge in [-0.3, -0.25) is 9.69 Å². The maximum atomic E-state index is 13.3. The van der Waals surface area contributed by atoms with Crippen LogP contribution in [-0.2, 0) is 22.3 Å². The van der Waals surface area contributed by atoms with Gasteiger partial charge < -0.3 is 9.84 Å². The lowest BCUT2D eigenvalue weighted by molar-refractivity contribution is -0.139. The third kappa shape index (κ3) is 6.09. The first-order valence-corrected chi connectivity index (χ1v) is 6.02. The lowest BCUT2D eigenvalue weighted by atomic mass is 10.1. The Morgan fingerprint density at radius 1 is 1.33 bits per heavy atom. The fourth-order valence-electron chi connectivity index (χ4n) is 1.79. The van der Waals surface area contributed by atoms with Gasteiger partial charge in [0, 0.05) is 20.2 Å². The molecule has 0 heterocycles. The van der Waals surface area contributed by atoms with Crippen LogP contribution >= 0.6 is 0 Å². The number of ether oxygens (including phenoxy) is 1. The summed E-state index contributed by atoms with van der Waals surface area (Å²) in [5, 5.41) is 8.76. The molecular formula is C13H15F4NO3. The molecule has 4 nitrogen and oxygen atoms in total. The molecule has 0 aliphatic heterocycles. The minimum Gasteiger partial charge on any atom is -0.480 e. The second-order valence-corrected chi connectivity index (χ2v) is 4.44. The monoisotopic (exact) mass is 309 g/mol. The van der Waals surface area contributed by atoms with Crippen molar-refractivity contribution in [2.45, 2.75) is 12.7 Å². The molecule has 0 fully saturated rings. The Kier molecular flexibility index (Phi) is 6.10. The Hall–Kier alpha value is -1.67. The van der Waals surface area contributed by atoms with E-state index in [2.05, 4.69) is 0 Å². The maximum Gasteiger partial charge on any atom is 0.416 e. The van der Waals surface area contributed by atoms with E-state index >= 15 is 0 Å². The third-order valence-corrected chi connectivity index (χ3v) is 2.66. The van der Waals surface area contributed by atoms with Gasteiger partial charge in [-0.1, -0.05) is 0 Å². The molecule has 0 aliphatic rings. The number of methoxy groups -OCH3 is 1. The first-order chi connectivity index (χ1) is 9.72. The molecule has 0 unspecified atom stereocenters. The molecule has 0 bridgehead atoms. The summed E-state index contributed by atoms with van der Waals surface area (Å²) in [6.07, 6.45) is -4.65. The second kappa shape index (κ2) is 7.37. The Labute approximate surface area is 118 Å². The van der Waals surface area contributed by atoms with Crippen molar-refractivity contribution in [1.29, 1.82) is 0 Å². The van der Waals surface area contributed by atoms with Crippen molar-refractivity contribution in [1.82, 2.24) is 4.90 Å². The van der Waals surface area contributed by atoms with Gasteiger partial charge in [0.2, 0.25) is 0 Å². The first-order valence-electron chi connectivity index (χ1n) is 6.02. The summed E-state index contributed by atoms with van der Waals surface area (Å²) in [7, 11) is 1.42. The maximum absolute atomic E-state index is 13.3. The summed E-state index contributed by atoms with van der Waals surface area (Å²) < 4.78 is 55.9. The molecule has 118 valence electrons. The number of carboxylic acids is 1. The zero-order valence-electron chi connectivity index (χ0n) is 11.3. The average Bonchev–Trinajstić information content (AvgIpc) is 2.33. The van der Waals surface area contributed by atoms with Gasteiger partial charge in [0.15, 0.2) is 0 Å². The number of rotatable bonds is 7. The second-order valence-electron chi connectivity index (χ2n) is 4.44. The molecule has 0 radical (unpaired) electrons. The van der Waals surface area contributed by atoms with Gasteiger partial charge in [0.25, 0.3) is 0 Å². The highest BCUT2D eigenvalue weighted by Crippen LogP contribution is 2.30. The molecule has 1 aromatic carbocycles. The van der Waals surface area contributed by atoms with Crippen molar-refractivity contribution >= 4 is 5.97 Å². The molecule has 0 saturated carbocycles. The quantitative estimate of drug-likeness (QED) is 0.786. The first kappa shape index (κ1) is 17.4. The highest BCUT2D eigenvalue weighted by molar-refractivity contribution is 5.69. The van der Waals surface area contributed by atoms with Gasteiger partial charge in [0.1, 0.15) is 5.82 Å². The van der Waals surface area contributed by atoms with Gasteiger partial charge in [-0.15, -0.1) is 0 Å². The van der Waals surface area contributed by atoms with Crippen molar-refractivity contribution in [3.8, 4) is 0 Å². The van der Waals surface area contributed by atoms with Crippen LogP contribution in [0.2, 0.25) is 0 Å². The predicted molar refractivity (Wildman–Crippen MR) is 66.2 cm³/mol. The van der Waals surface area contributed by atoms with Crippen molar-refractivity contribution in [3.05, 3.63) is 35.1 Å². The van der Waals surface area contributed by atoms with Crippen molar-refractivity contribution in [2.24, 2.45) is 0 Å². The summed E-state index contributed by atoms with van der Waals surface area (Å²) in [4.78, 5) is 12.1. The van der Waals surface area contributed by atoms with Crippen LogP contribution in [0.5, 0.6) is 0 Å². The molecule has 0 aromatic heterocycles. The highest BCUT2D eigenvalue weighted by atomic mass is 19.4. The fraction of sp³-hybridized carbons (Fsp3) is 0.462. The van der Waals surface area contributed by atoms with E-state index in [1.54, 1.807) is 0 Å². The van der Waals surface area contributed by atoms with Gasteiger partial charge in [-0.05, 0) is 23.8 Å². The Balaban J connectivity index is 2.92. The van der Waals surface area contributed by atoms with E-state index in [1.165, 1.54) is 12.0 Å². The van der Waals surface area contributed by atoms with E-state index in [1.807, 2.05) is 0 Å². The number of benzene rings is 1. The van der Waals surface area contributed by atoms with E-state index in [4.69, 9.17) is 9.84 Å². The largest absolute Gasteiger partial charge is 0.480 e. The van der Waals surface area contributed by atoms with Crippen molar-refractivity contribution in [3.63, 3.8) is 0 Å². The number of nitrogens with zero attached hydrogens (tertiary/aromatic N) is 1. The lowest BCUT2D eigenvalue weighted by Gasteiger charge is -2.20. The van der Waals surface area contributed by atoms with Crippen LogP contribution in [0, 0.1) is 5.82 Å². The fourth-order valence-corrected chi connectivity index (χ4v) is 1.79. The number of carboxylic acid groups (broad SMARTS) is 1. The van der Waals surface area contributed by atoms with E-state index in [0.29, 0.717) is 6.07 Å². The minimum atomic E-state index is -4.65. The Bertz CT molecular complexity index is 491. The molecule has 21 heavy (non-hydrogen) atoms. The van der Waals surface area contributed by atoms with Gasteiger partial charge in [0.05, 0.1) is 18.7 Å². The summed E-state index contributed by atoms with van der Waals surface area (Å²) >= 11 is 0. The smallest absolute Gasteiger partial charge is 0.416 e. The topological polar surface area (TPSA) is 49.8 Å². The SMILES string of the molecule is COCCN(CC(=O)O)Cc1cc(F)cc(C(F)(F)F)c1. The Morgan fingerprint density at radius 3 is 2.52 bits per heavy atom. The van der Waals surface area contributed by atoms with Gasteiger partial charge in [-0.2, -0.15) is 13.2 Å². The summed E-state index contributed by atoms with van der Waals surface area (Å²) in [5.41, 5.74) is -1.04. The minimum absolute atomic E-state index is 0.0553. The van der Waals surface area contributed by atoms with Crippen LogP contribution in [0.25, 0.3) is 0 Å². The molecule has 8 heteroatoms. The predicted octanol–water partition coefficient (Wildman–Crippen LogP) is 2.38. The number of aliphatic carboxylic acids is 1. The molecule has 0 amide bonds. The zero-order chi connectivity index (χ0) is 16.0. The summed E-state index contributed by atoms with van der Waals surface area (Å²) in [5.74, 6) is -2.14. The number of alkyl halides is 3. The van der Waals surface area contributed by atoms with Crippen LogP contribution in [0.3, 0.4) is 0 Å². The van der Waals surface area contributed by atoms with E-state index in [9.17, 15) is 22.4 Å². The standard InChI is InChI=1S/C13H15F4NO3/c1-21-3-2-18(8-12(19)20)7-9-4-10(13(15,16)17)6-11(14)5-9/h4-6H,2-3,7-8H2,1H3,(H,19,20). The normalized spacial score (nSPS) is 11.9. The van der Waals surface area contributed by atoms with Crippen molar-refractivity contribution in [2.75, 3.05) is 26.8 Å². The van der Waals surface area contributed by atoms with E-state index in [0.717, 1.165) is 12.1 Å². The van der Waals surface area contributed by atoms with Crippen LogP contribution in [0.15, 0.2) is 18.2 Å². The molecule has 0 saturated heterocycles. The number of hydrogen-bond acceptors (Lipinski definition) is 3. The molecule has 1 N–H and O–H groups in total. The van der Waals surface area contributed by atoms with Crippen LogP contribution < -0.4 is 0 Å². The van der Waals surface area contributed by atoms with E-state index in [-0.39, 0.29) is 31.8 Å². The van der Waals surface area contributed by atoms with E-state index < -0.39 is 23.5 Å². The van der Waals surface area contributed by atoms with Crippen LogP contribution in [0.1, 0.15) is 11.1 Å². The van der Waals surface area contributed by atoms with Gasteiger partial charge >= 0.3 is 12.1 Å². The average molecular weight is 309 g/mol. The van der Waals surface area contributed by atoms with Crippen molar-refractivity contribution < 1.29 is 32.2 Å².